The van der Waals surface area contributed by atoms with Crippen LogP contribution in [0.25, 0.3) is 0 Å². The van der Waals surface area contributed by atoms with Gasteiger partial charge >= 0.3 is 41.5 Å². The van der Waals surface area contributed by atoms with Crippen LogP contribution >= 0.6 is 46.0 Å². The molecule has 0 bridgehead atoms. The van der Waals surface area contributed by atoms with E-state index in [1.54, 1.807) is 38.0 Å². The van der Waals surface area contributed by atoms with Gasteiger partial charge in [0.2, 0.25) is 0 Å². The minimum absolute atomic E-state index is 0.0147. The molecule has 175 valence electrons. The van der Waals surface area contributed by atoms with Crippen LogP contribution in [-0.4, -0.2) is 52.9 Å². The van der Waals surface area contributed by atoms with Crippen molar-refractivity contribution in [3.8, 4) is 0 Å². The Morgan fingerprint density at radius 1 is 0.655 bits per heavy atom. The van der Waals surface area contributed by atoms with Crippen LogP contribution in [-0.2, 0) is 11.4 Å². The molecule has 0 radical (unpaired) electrons. The zero-order chi connectivity index (χ0) is 21.6. The summed E-state index contributed by atoms with van der Waals surface area (Å²) in [4.78, 5) is 0. The molecule has 29 heavy (non-hydrogen) atoms. The fraction of sp³-hybridized carbons (Fsp3) is 1.00. The topological polar surface area (TPSA) is 12.8 Å². The van der Waals surface area contributed by atoms with E-state index in [-0.39, 0.29) is 15.8 Å². The average molecular weight is 548 g/mol. The molecule has 0 aromatic heterocycles. The van der Waals surface area contributed by atoms with Gasteiger partial charge in [0.05, 0.1) is 35.0 Å². The number of aliphatic hydroxyl groups is 2. The summed E-state index contributed by atoms with van der Waals surface area (Å²) in [6, 6.07) is 0. The van der Waals surface area contributed by atoms with Crippen LogP contribution in [0.3, 0.4) is 0 Å². The van der Waals surface area contributed by atoms with Crippen molar-refractivity contribution in [2.24, 2.45) is 0 Å². The molecule has 3 fully saturated rings. The van der Waals surface area contributed by atoms with Gasteiger partial charge in [-0.1, -0.05) is 27.7 Å². The van der Waals surface area contributed by atoms with Crippen molar-refractivity contribution in [1.29, 1.82) is 0 Å². The van der Waals surface area contributed by atoms with Crippen molar-refractivity contribution in [3.05, 3.63) is 0 Å². The van der Waals surface area contributed by atoms with E-state index in [2.05, 4.69) is 32.4 Å². The summed E-state index contributed by atoms with van der Waals surface area (Å²) < 4.78 is 4.08. The van der Waals surface area contributed by atoms with Gasteiger partial charge in [-0.15, -0.1) is 0 Å². The fourth-order valence-corrected chi connectivity index (χ4v) is 15.3. The molecule has 0 amide bonds. The second kappa shape index (κ2) is 17.7. The Morgan fingerprint density at radius 2 is 0.931 bits per heavy atom. The van der Waals surface area contributed by atoms with Crippen LogP contribution in [0, 0.1) is 0 Å². The Hall–Kier alpha value is 2.22. The van der Waals surface area contributed by atoms with Crippen molar-refractivity contribution >= 4 is 46.0 Å². The van der Waals surface area contributed by atoms with Crippen molar-refractivity contribution in [2.45, 2.75) is 115 Å². The maximum absolute atomic E-state index is 4.93. The molecule has 0 spiro atoms. The van der Waals surface area contributed by atoms with Crippen LogP contribution in [0.15, 0.2) is 0 Å². The average Bonchev–Trinajstić information content (AvgIpc) is 3.46. The molecule has 7 heteroatoms. The molecule has 3 aliphatic heterocycles. The normalized spacial score (nSPS) is 30.2. The third-order valence-electron chi connectivity index (χ3n) is 7.38. The molecule has 1 nitrogen and oxygen atoms in total. The molecule has 0 aromatic carbocycles. The zero-order valence-corrected chi connectivity index (χ0v) is 24.7. The quantitative estimate of drug-likeness (QED) is 0.224. The number of rotatable bonds is 7. The molecule has 0 aliphatic carbocycles. The minimum atomic E-state index is -1.62. The van der Waals surface area contributed by atoms with Crippen LogP contribution in [0.5, 0.6) is 0 Å². The first-order chi connectivity index (χ1) is 14.0. The van der Waals surface area contributed by atoms with Crippen molar-refractivity contribution in [2.75, 3.05) is 25.5 Å². The zero-order valence-electron chi connectivity index (χ0n) is 19.2. The Bertz CT molecular complexity index is 340. The molecule has 0 aromatic rings. The molecular formula is C22H47Cl3CrOP2+3. The molecule has 3 aliphatic rings. The summed E-state index contributed by atoms with van der Waals surface area (Å²) >= 11 is -1.62. The number of halogens is 3. The third-order valence-corrected chi connectivity index (χ3v) is 16.5. The van der Waals surface area contributed by atoms with Gasteiger partial charge in [0, 0.05) is 28.7 Å². The third kappa shape index (κ3) is 11.3. The van der Waals surface area contributed by atoms with E-state index in [1.807, 2.05) is 0 Å². The summed E-state index contributed by atoms with van der Waals surface area (Å²) in [5.41, 5.74) is 4.70. The molecule has 3 rings (SSSR count). The monoisotopic (exact) mass is 546 g/mol. The molecule has 3 heterocycles. The van der Waals surface area contributed by atoms with E-state index in [0.717, 1.165) is 13.2 Å². The predicted molar refractivity (Wildman–Crippen MR) is 140 cm³/mol. The Balaban J connectivity index is 0.000000386. The van der Waals surface area contributed by atoms with E-state index >= 15 is 0 Å². The van der Waals surface area contributed by atoms with E-state index in [1.165, 1.54) is 61.2 Å². The van der Waals surface area contributed by atoms with Gasteiger partial charge in [0.1, 0.15) is 13.2 Å². The van der Waals surface area contributed by atoms with Crippen molar-refractivity contribution in [3.63, 3.8) is 0 Å². The fourth-order valence-electron chi connectivity index (χ4n) is 5.74. The molecule has 4 atom stereocenters. The summed E-state index contributed by atoms with van der Waals surface area (Å²) in [7, 11) is 14.8. The summed E-state index contributed by atoms with van der Waals surface area (Å²) in [5, 5.41) is 0. The van der Waals surface area contributed by atoms with Crippen LogP contribution in [0.2, 0.25) is 0 Å². The van der Waals surface area contributed by atoms with E-state index in [0.29, 0.717) is 0 Å². The van der Waals surface area contributed by atoms with Gasteiger partial charge in [0.25, 0.3) is 0 Å². The first kappa shape index (κ1) is 29.3. The maximum atomic E-state index is 4.93. The number of ether oxygens (including phenoxy) is 1. The number of hydrogen-bond donors (Lipinski definition) is 0. The Kier molecular flexibility index (Phi) is 17.8. The van der Waals surface area contributed by atoms with Gasteiger partial charge in [-0.3, -0.25) is 0 Å². The molecule has 1 N–H and O–H groups in total. The first-order valence-electron chi connectivity index (χ1n) is 12.1. The molecular weight excluding hydrogens is 501 g/mol. The first-order valence-corrected chi connectivity index (χ1v) is 21.0. The van der Waals surface area contributed by atoms with E-state index in [9.17, 15) is 0 Å². The van der Waals surface area contributed by atoms with Crippen molar-refractivity contribution in [1.82, 2.24) is 0 Å². The predicted octanol–water partition coefficient (Wildman–Crippen LogP) is 8.49. The van der Waals surface area contributed by atoms with Gasteiger partial charge in [-0.2, -0.15) is 0 Å². The summed E-state index contributed by atoms with van der Waals surface area (Å²) in [6.07, 6.45) is 18.3. The van der Waals surface area contributed by atoms with E-state index < -0.39 is 11.4 Å². The number of hydrogen-bond acceptors (Lipinski definition) is 0. The Morgan fingerprint density at radius 3 is 1.10 bits per heavy atom. The SMILES string of the molecule is C1CC[OH+]C1.CC[C@@H]1CC[C@@H](CC)[PH+]1CC[PH+]1[C@H](CC)CC[C@H]1CC.[Cl][Cr]([Cl])[Cl]. The molecule has 0 saturated carbocycles. The van der Waals surface area contributed by atoms with Crippen LogP contribution in [0.4, 0.5) is 0 Å². The molecule has 3 saturated heterocycles. The van der Waals surface area contributed by atoms with Gasteiger partial charge in [-0.25, -0.2) is 0 Å². The summed E-state index contributed by atoms with van der Waals surface area (Å²) in [6.45, 7) is 12.1. The van der Waals surface area contributed by atoms with Crippen molar-refractivity contribution < 1.29 is 16.1 Å². The van der Waals surface area contributed by atoms with Crippen LogP contribution < -0.4 is 0 Å². The summed E-state index contributed by atoms with van der Waals surface area (Å²) in [5.74, 6) is 0. The second-order valence-corrected chi connectivity index (χ2v) is 21.7. The standard InChI is InChI=1S/C18H36P2.C4H8O.3ClH.Cr/c1-5-15-9-10-16(6-2)19(15)13-14-20-17(7-3)11-12-18(20)8-4;1-2-4-5-3-1;;;;/h15-18H,5-14H2,1-4H3;1-4H2;3*1H;/q;;;;;+3/t15-,16-,17-,18-;;;;;/m1...../s1. The molecule has 0 unspecified atom stereocenters. The van der Waals surface area contributed by atoms with Gasteiger partial charge < -0.3 is 4.74 Å². The van der Waals surface area contributed by atoms with E-state index in [4.69, 9.17) is 30.1 Å². The second-order valence-electron chi connectivity index (χ2n) is 8.78. The van der Waals surface area contributed by atoms with Gasteiger partial charge in [-0.05, 0) is 51.4 Å². The van der Waals surface area contributed by atoms with Crippen LogP contribution in [0.1, 0.15) is 91.9 Å². The Labute approximate surface area is 201 Å². The van der Waals surface area contributed by atoms with Gasteiger partial charge in [0.15, 0.2) is 0 Å².